The largest absolute Gasteiger partial charge is 0.465 e. The smallest absolute Gasteiger partial charge is 0.251 e. The lowest BCUT2D eigenvalue weighted by atomic mass is 10.1. The molecule has 0 spiro atoms. The minimum absolute atomic E-state index is 0.0337. The molecule has 154 valence electrons. The molecule has 4 rings (SSSR count). The summed E-state index contributed by atoms with van der Waals surface area (Å²) in [7, 11) is 0. The number of carbonyl (C=O) groups excluding carboxylic acids is 2. The minimum atomic E-state index is -0.147. The SMILES string of the molecule is Cc1ccc(C(CNC(=O)c2ccc(NC(=O)C3CC3)cc2)N2CCOCC2)o1. The van der Waals surface area contributed by atoms with Gasteiger partial charge in [-0.15, -0.1) is 0 Å². The molecule has 1 aliphatic heterocycles. The predicted molar refractivity (Wildman–Crippen MR) is 109 cm³/mol. The van der Waals surface area contributed by atoms with E-state index < -0.39 is 0 Å². The summed E-state index contributed by atoms with van der Waals surface area (Å²) in [6.45, 7) is 5.33. The van der Waals surface area contributed by atoms with Crippen molar-refractivity contribution >= 4 is 17.5 Å². The van der Waals surface area contributed by atoms with E-state index in [1.54, 1.807) is 24.3 Å². The zero-order valence-electron chi connectivity index (χ0n) is 16.6. The maximum absolute atomic E-state index is 12.6. The molecule has 1 aliphatic carbocycles. The van der Waals surface area contributed by atoms with E-state index in [4.69, 9.17) is 9.15 Å². The molecule has 2 fully saturated rings. The van der Waals surface area contributed by atoms with E-state index in [1.165, 1.54) is 0 Å². The molecule has 7 nitrogen and oxygen atoms in total. The molecule has 7 heteroatoms. The molecule has 2 aliphatic rings. The number of nitrogens with one attached hydrogen (secondary N) is 2. The summed E-state index contributed by atoms with van der Waals surface area (Å²) in [5.74, 6) is 1.77. The maximum Gasteiger partial charge on any atom is 0.251 e. The van der Waals surface area contributed by atoms with Crippen LogP contribution in [0, 0.1) is 12.8 Å². The first-order valence-electron chi connectivity index (χ1n) is 10.2. The quantitative estimate of drug-likeness (QED) is 0.751. The first-order valence-corrected chi connectivity index (χ1v) is 10.2. The van der Waals surface area contributed by atoms with Crippen molar-refractivity contribution in [2.75, 3.05) is 38.2 Å². The van der Waals surface area contributed by atoms with Gasteiger partial charge in [-0.2, -0.15) is 0 Å². The Labute approximate surface area is 170 Å². The number of hydrogen-bond donors (Lipinski definition) is 2. The summed E-state index contributed by atoms with van der Waals surface area (Å²) in [5.41, 5.74) is 1.28. The summed E-state index contributed by atoms with van der Waals surface area (Å²) in [6, 6.07) is 10.9. The average molecular weight is 397 g/mol. The number of rotatable bonds is 7. The van der Waals surface area contributed by atoms with Gasteiger partial charge in [-0.05, 0) is 56.2 Å². The fourth-order valence-electron chi connectivity index (χ4n) is 3.52. The first-order chi connectivity index (χ1) is 14.1. The lowest BCUT2D eigenvalue weighted by Gasteiger charge is -2.33. The van der Waals surface area contributed by atoms with Gasteiger partial charge >= 0.3 is 0 Å². The van der Waals surface area contributed by atoms with Crippen LogP contribution in [0.1, 0.15) is 40.8 Å². The van der Waals surface area contributed by atoms with Gasteiger partial charge in [0.1, 0.15) is 11.5 Å². The van der Waals surface area contributed by atoms with Gasteiger partial charge in [-0.25, -0.2) is 0 Å². The molecular weight excluding hydrogens is 370 g/mol. The molecule has 0 radical (unpaired) electrons. The van der Waals surface area contributed by atoms with Crippen LogP contribution in [0.5, 0.6) is 0 Å². The Morgan fingerprint density at radius 2 is 1.83 bits per heavy atom. The van der Waals surface area contributed by atoms with Gasteiger partial charge in [0.25, 0.3) is 5.91 Å². The van der Waals surface area contributed by atoms with Crippen molar-refractivity contribution in [3.8, 4) is 0 Å². The molecule has 2 aromatic rings. The molecule has 1 saturated carbocycles. The Morgan fingerprint density at radius 1 is 1.10 bits per heavy atom. The molecule has 1 saturated heterocycles. The highest BCUT2D eigenvalue weighted by Gasteiger charge is 2.29. The molecule has 1 atom stereocenters. The average Bonchev–Trinajstić information content (AvgIpc) is 3.51. The van der Waals surface area contributed by atoms with E-state index in [9.17, 15) is 9.59 Å². The molecular formula is C22H27N3O4. The van der Waals surface area contributed by atoms with Crippen LogP contribution in [0.3, 0.4) is 0 Å². The van der Waals surface area contributed by atoms with Gasteiger partial charge in [-0.1, -0.05) is 0 Å². The first kappa shape index (κ1) is 19.7. The van der Waals surface area contributed by atoms with Gasteiger partial charge in [0.05, 0.1) is 19.3 Å². The third kappa shape index (κ3) is 5.05. The Hall–Kier alpha value is -2.64. The number of hydrogen-bond acceptors (Lipinski definition) is 5. The lowest BCUT2D eigenvalue weighted by molar-refractivity contribution is -0.117. The number of ether oxygens (including phenoxy) is 1. The van der Waals surface area contributed by atoms with E-state index in [1.807, 2.05) is 19.1 Å². The second-order valence-corrected chi connectivity index (χ2v) is 7.66. The zero-order valence-corrected chi connectivity index (χ0v) is 16.6. The van der Waals surface area contributed by atoms with Gasteiger partial charge < -0.3 is 19.8 Å². The van der Waals surface area contributed by atoms with Crippen LogP contribution in [-0.2, 0) is 9.53 Å². The van der Waals surface area contributed by atoms with Crippen molar-refractivity contribution in [2.24, 2.45) is 5.92 Å². The van der Waals surface area contributed by atoms with Crippen LogP contribution in [-0.4, -0.2) is 49.6 Å². The van der Waals surface area contributed by atoms with Crippen LogP contribution >= 0.6 is 0 Å². The van der Waals surface area contributed by atoms with Crippen LogP contribution in [0.2, 0.25) is 0 Å². The number of aryl methyl sites for hydroxylation is 1. The zero-order chi connectivity index (χ0) is 20.2. The van der Waals surface area contributed by atoms with Crippen LogP contribution in [0.25, 0.3) is 0 Å². The molecule has 1 aromatic heterocycles. The van der Waals surface area contributed by atoms with Crippen molar-refractivity contribution in [2.45, 2.75) is 25.8 Å². The molecule has 2 N–H and O–H groups in total. The lowest BCUT2D eigenvalue weighted by Crippen LogP contribution is -2.43. The topological polar surface area (TPSA) is 83.8 Å². The van der Waals surface area contributed by atoms with E-state index in [0.29, 0.717) is 25.3 Å². The summed E-state index contributed by atoms with van der Waals surface area (Å²) >= 11 is 0. The number of furan rings is 1. The van der Waals surface area contributed by atoms with Gasteiger partial charge in [0.15, 0.2) is 0 Å². The number of anilines is 1. The molecule has 0 bridgehead atoms. The summed E-state index contributed by atoms with van der Waals surface area (Å²) < 4.78 is 11.3. The van der Waals surface area contributed by atoms with Crippen molar-refractivity contribution < 1.29 is 18.7 Å². The van der Waals surface area contributed by atoms with Gasteiger partial charge in [0, 0.05) is 36.8 Å². The summed E-state index contributed by atoms with van der Waals surface area (Å²) in [4.78, 5) is 26.8. The number of benzene rings is 1. The minimum Gasteiger partial charge on any atom is -0.465 e. The predicted octanol–water partition coefficient (Wildman–Crippen LogP) is 2.74. The molecule has 29 heavy (non-hydrogen) atoms. The summed E-state index contributed by atoms with van der Waals surface area (Å²) in [5, 5.41) is 5.91. The second-order valence-electron chi connectivity index (χ2n) is 7.66. The molecule has 2 heterocycles. The van der Waals surface area contributed by atoms with Crippen LogP contribution in [0.4, 0.5) is 5.69 Å². The van der Waals surface area contributed by atoms with E-state index >= 15 is 0 Å². The molecule has 2 amide bonds. The Kier molecular flexibility index (Phi) is 5.97. The number of nitrogens with zero attached hydrogens (tertiary/aromatic N) is 1. The Balaban J connectivity index is 1.37. The molecule has 1 unspecified atom stereocenters. The van der Waals surface area contributed by atoms with E-state index in [-0.39, 0.29) is 23.8 Å². The second kappa shape index (κ2) is 8.80. The standard InChI is InChI=1S/C22H27N3O4/c1-15-2-9-20(29-15)19(25-10-12-28-13-11-25)14-23-21(26)16-5-7-18(8-6-16)24-22(27)17-3-4-17/h2,5-9,17,19H,3-4,10-14H2,1H3,(H,23,26)(H,24,27). The maximum atomic E-state index is 12.6. The van der Waals surface area contributed by atoms with Crippen molar-refractivity contribution in [1.29, 1.82) is 0 Å². The van der Waals surface area contributed by atoms with Crippen molar-refractivity contribution in [3.05, 3.63) is 53.5 Å². The summed E-state index contributed by atoms with van der Waals surface area (Å²) in [6.07, 6.45) is 1.93. The molecule has 1 aromatic carbocycles. The number of amides is 2. The van der Waals surface area contributed by atoms with Gasteiger partial charge in [0.2, 0.25) is 5.91 Å². The van der Waals surface area contributed by atoms with Crippen molar-refractivity contribution in [1.82, 2.24) is 10.2 Å². The highest BCUT2D eigenvalue weighted by atomic mass is 16.5. The van der Waals surface area contributed by atoms with Crippen molar-refractivity contribution in [3.63, 3.8) is 0 Å². The van der Waals surface area contributed by atoms with Crippen LogP contribution < -0.4 is 10.6 Å². The van der Waals surface area contributed by atoms with Gasteiger partial charge in [-0.3, -0.25) is 14.5 Å². The third-order valence-electron chi connectivity index (χ3n) is 5.39. The fraction of sp³-hybridized carbons (Fsp3) is 0.455. The fourth-order valence-corrected chi connectivity index (χ4v) is 3.52. The van der Waals surface area contributed by atoms with Crippen LogP contribution in [0.15, 0.2) is 40.8 Å². The highest BCUT2D eigenvalue weighted by molar-refractivity contribution is 5.96. The monoisotopic (exact) mass is 397 g/mol. The normalized spacial score (nSPS) is 18.2. The Morgan fingerprint density at radius 3 is 2.45 bits per heavy atom. The Bertz CT molecular complexity index is 851. The number of carbonyl (C=O) groups is 2. The number of morpholine rings is 1. The third-order valence-corrected chi connectivity index (χ3v) is 5.39. The van der Waals surface area contributed by atoms with E-state index in [2.05, 4.69) is 15.5 Å². The van der Waals surface area contributed by atoms with E-state index in [0.717, 1.165) is 43.1 Å². The highest BCUT2D eigenvalue weighted by Crippen LogP contribution is 2.30.